The number of aliphatic hydroxyl groups excluding tert-OH is 1. The lowest BCUT2D eigenvalue weighted by Gasteiger charge is -2.39. The molecule has 4 rings (SSSR count). The van der Waals surface area contributed by atoms with Crippen molar-refractivity contribution in [3.8, 4) is 11.1 Å². The van der Waals surface area contributed by atoms with E-state index in [4.69, 9.17) is 27.9 Å². The normalized spacial score (nSPS) is 28.2. The van der Waals surface area contributed by atoms with Crippen LogP contribution in [-0.4, -0.2) is 41.5 Å². The molecule has 1 aliphatic heterocycles. The summed E-state index contributed by atoms with van der Waals surface area (Å²) in [7, 11) is 0. The maximum atomic E-state index is 12.9. The zero-order valence-electron chi connectivity index (χ0n) is 17.0. The molecule has 2 aromatic carbocycles. The number of halogens is 5. The first-order valence-corrected chi connectivity index (χ1v) is 11.1. The van der Waals surface area contributed by atoms with Gasteiger partial charge in [-0.2, -0.15) is 13.2 Å². The van der Waals surface area contributed by atoms with Gasteiger partial charge >= 0.3 is 6.18 Å². The van der Waals surface area contributed by atoms with Gasteiger partial charge in [0, 0.05) is 10.0 Å². The largest absolute Gasteiger partial charge is 0.411 e. The molecule has 1 amide bonds. The van der Waals surface area contributed by atoms with E-state index in [-0.39, 0.29) is 5.91 Å². The van der Waals surface area contributed by atoms with E-state index in [1.165, 1.54) is 0 Å². The van der Waals surface area contributed by atoms with Crippen molar-refractivity contribution in [3.63, 3.8) is 0 Å². The highest BCUT2D eigenvalue weighted by atomic mass is 35.5. The maximum absolute atomic E-state index is 12.9. The van der Waals surface area contributed by atoms with E-state index in [1.807, 2.05) is 18.2 Å². The summed E-state index contributed by atoms with van der Waals surface area (Å²) in [5, 5.41) is 15.1. The molecule has 2 fully saturated rings. The summed E-state index contributed by atoms with van der Waals surface area (Å²) in [6.07, 6.45) is -4.70. The van der Waals surface area contributed by atoms with Crippen molar-refractivity contribution in [2.75, 3.05) is 6.61 Å². The highest BCUT2D eigenvalue weighted by Gasteiger charge is 2.54. The van der Waals surface area contributed by atoms with Gasteiger partial charge < -0.3 is 15.2 Å². The van der Waals surface area contributed by atoms with Gasteiger partial charge in [0.15, 0.2) is 0 Å². The van der Waals surface area contributed by atoms with Gasteiger partial charge in [-0.1, -0.05) is 41.4 Å². The third-order valence-electron chi connectivity index (χ3n) is 6.35. The standard InChI is InChI=1S/C23H22Cl2F3NO3/c24-15-4-1-13(2-5-15)14-3-6-18(25)17(11-14)19-20(30)22(29-21(19)31)9-7-16(8-10-22)32-12-23(26,27)28/h1-6,11,16,19-20,30H,7-10,12H2,(H,29,31)/t16-,19?,20?,22+. The van der Waals surface area contributed by atoms with Crippen molar-refractivity contribution in [2.45, 2.75) is 55.5 Å². The third kappa shape index (κ3) is 4.76. The third-order valence-corrected chi connectivity index (χ3v) is 6.95. The van der Waals surface area contributed by atoms with Crippen molar-refractivity contribution < 1.29 is 27.8 Å². The first-order valence-electron chi connectivity index (χ1n) is 10.3. The molecule has 2 unspecified atom stereocenters. The first-order chi connectivity index (χ1) is 15.1. The predicted molar refractivity (Wildman–Crippen MR) is 116 cm³/mol. The monoisotopic (exact) mass is 487 g/mol. The highest BCUT2D eigenvalue weighted by molar-refractivity contribution is 6.32. The van der Waals surface area contributed by atoms with Crippen molar-refractivity contribution in [3.05, 3.63) is 58.1 Å². The lowest BCUT2D eigenvalue weighted by molar-refractivity contribution is -0.189. The van der Waals surface area contributed by atoms with Crippen LogP contribution in [0.5, 0.6) is 0 Å². The predicted octanol–water partition coefficient (Wildman–Crippen LogP) is 5.50. The minimum Gasteiger partial charge on any atom is -0.389 e. The number of carbonyl (C=O) groups excluding carboxylic acids is 1. The van der Waals surface area contributed by atoms with Crippen molar-refractivity contribution >= 4 is 29.1 Å². The van der Waals surface area contributed by atoms with Crippen LogP contribution in [0, 0.1) is 0 Å². The molecule has 1 saturated carbocycles. The summed E-state index contributed by atoms with van der Waals surface area (Å²) in [5.74, 6) is -1.22. The second-order valence-electron chi connectivity index (χ2n) is 8.44. The number of aliphatic hydroxyl groups is 1. The Hall–Kier alpha value is -1.80. The lowest BCUT2D eigenvalue weighted by atomic mass is 9.74. The average molecular weight is 488 g/mol. The molecule has 1 saturated heterocycles. The van der Waals surface area contributed by atoms with Crippen LogP contribution >= 0.6 is 23.2 Å². The summed E-state index contributed by atoms with van der Waals surface area (Å²) in [6, 6.07) is 12.5. The molecule has 9 heteroatoms. The molecular formula is C23H22Cl2F3NO3. The van der Waals surface area contributed by atoms with Crippen molar-refractivity contribution in [1.29, 1.82) is 0 Å². The molecule has 4 nitrogen and oxygen atoms in total. The number of benzene rings is 2. The summed E-state index contributed by atoms with van der Waals surface area (Å²) >= 11 is 12.4. The molecular weight excluding hydrogens is 466 g/mol. The molecule has 1 heterocycles. The molecule has 172 valence electrons. The number of carbonyl (C=O) groups is 1. The fourth-order valence-corrected chi connectivity index (χ4v) is 5.04. The van der Waals surface area contributed by atoms with E-state index in [9.17, 15) is 23.1 Å². The van der Waals surface area contributed by atoms with E-state index in [2.05, 4.69) is 5.32 Å². The first kappa shape index (κ1) is 23.4. The minimum atomic E-state index is -4.38. The molecule has 0 bridgehead atoms. The Kier molecular flexibility index (Phi) is 6.47. The fourth-order valence-electron chi connectivity index (χ4n) is 4.68. The van der Waals surface area contributed by atoms with Gasteiger partial charge in [-0.25, -0.2) is 0 Å². The molecule has 2 aliphatic rings. The zero-order valence-corrected chi connectivity index (χ0v) is 18.5. The van der Waals surface area contributed by atoms with Crippen LogP contribution in [0.2, 0.25) is 10.0 Å². The SMILES string of the molecule is O=C1N[C@]2(CC[C@@H](OCC(F)(F)F)CC2)C(O)C1c1cc(-c2ccc(Cl)cc2)ccc1Cl. The van der Waals surface area contributed by atoms with E-state index in [1.54, 1.807) is 24.3 Å². The Morgan fingerprint density at radius 1 is 1.06 bits per heavy atom. The number of nitrogens with one attached hydrogen (secondary N) is 1. The Morgan fingerprint density at radius 3 is 2.31 bits per heavy atom. The van der Waals surface area contributed by atoms with Crippen LogP contribution in [0.25, 0.3) is 11.1 Å². The van der Waals surface area contributed by atoms with Gasteiger partial charge in [-0.05, 0) is 66.6 Å². The van der Waals surface area contributed by atoms with Gasteiger partial charge in [-0.3, -0.25) is 4.79 Å². The topological polar surface area (TPSA) is 58.6 Å². The molecule has 2 atom stereocenters. The number of alkyl halides is 3. The molecule has 2 N–H and O–H groups in total. The summed E-state index contributed by atoms with van der Waals surface area (Å²) in [4.78, 5) is 12.9. The Labute approximate surface area is 193 Å². The number of ether oxygens (including phenoxy) is 1. The quantitative estimate of drug-likeness (QED) is 0.598. The smallest absolute Gasteiger partial charge is 0.389 e. The number of rotatable bonds is 4. The van der Waals surface area contributed by atoms with Crippen LogP contribution in [0.4, 0.5) is 13.2 Å². The molecule has 0 aromatic heterocycles. The Bertz CT molecular complexity index is 989. The fraction of sp³-hybridized carbons (Fsp3) is 0.435. The number of hydrogen-bond donors (Lipinski definition) is 2. The zero-order chi connectivity index (χ0) is 23.1. The number of hydrogen-bond acceptors (Lipinski definition) is 3. The van der Waals surface area contributed by atoms with Crippen LogP contribution in [0.15, 0.2) is 42.5 Å². The van der Waals surface area contributed by atoms with Crippen LogP contribution in [0.1, 0.15) is 37.2 Å². The van der Waals surface area contributed by atoms with E-state index >= 15 is 0 Å². The highest BCUT2D eigenvalue weighted by Crippen LogP contribution is 2.45. The van der Waals surface area contributed by atoms with Gasteiger partial charge in [0.05, 0.1) is 23.7 Å². The van der Waals surface area contributed by atoms with Crippen molar-refractivity contribution in [1.82, 2.24) is 5.32 Å². The minimum absolute atomic E-state index is 0.318. The molecule has 2 aromatic rings. The van der Waals surface area contributed by atoms with Gasteiger partial charge in [0.2, 0.25) is 5.91 Å². The maximum Gasteiger partial charge on any atom is 0.411 e. The van der Waals surface area contributed by atoms with Gasteiger partial charge in [-0.15, -0.1) is 0 Å². The molecule has 0 radical (unpaired) electrons. The van der Waals surface area contributed by atoms with E-state index in [0.717, 1.165) is 11.1 Å². The van der Waals surface area contributed by atoms with Gasteiger partial charge in [0.25, 0.3) is 0 Å². The van der Waals surface area contributed by atoms with E-state index in [0.29, 0.717) is 41.3 Å². The number of amides is 1. The summed E-state index contributed by atoms with van der Waals surface area (Å²) in [5.41, 5.74) is 1.32. The van der Waals surface area contributed by atoms with Gasteiger partial charge in [0.1, 0.15) is 6.61 Å². The van der Waals surface area contributed by atoms with Crippen LogP contribution in [-0.2, 0) is 9.53 Å². The summed E-state index contributed by atoms with van der Waals surface area (Å²) < 4.78 is 42.3. The molecule has 1 aliphatic carbocycles. The second kappa shape index (κ2) is 8.86. The lowest BCUT2D eigenvalue weighted by Crippen LogP contribution is -2.52. The summed E-state index contributed by atoms with van der Waals surface area (Å²) in [6.45, 7) is -1.30. The second-order valence-corrected chi connectivity index (χ2v) is 9.28. The Morgan fingerprint density at radius 2 is 1.69 bits per heavy atom. The Balaban J connectivity index is 1.53. The van der Waals surface area contributed by atoms with E-state index < -0.39 is 36.4 Å². The molecule has 1 spiro atoms. The average Bonchev–Trinajstić information content (AvgIpc) is 2.97. The van der Waals surface area contributed by atoms with Crippen molar-refractivity contribution in [2.24, 2.45) is 0 Å². The molecule has 32 heavy (non-hydrogen) atoms. The van der Waals surface area contributed by atoms with Crippen LogP contribution in [0.3, 0.4) is 0 Å². The van der Waals surface area contributed by atoms with Crippen LogP contribution < -0.4 is 5.32 Å².